The van der Waals surface area contributed by atoms with Crippen LogP contribution in [0.4, 0.5) is 0 Å². The van der Waals surface area contributed by atoms with Gasteiger partial charge in [0.2, 0.25) is 0 Å². The van der Waals surface area contributed by atoms with Gasteiger partial charge in [0.25, 0.3) is 10.1 Å². The van der Waals surface area contributed by atoms with Crippen LogP contribution in [0.2, 0.25) is 0 Å². The predicted octanol–water partition coefficient (Wildman–Crippen LogP) is 1.78. The summed E-state index contributed by atoms with van der Waals surface area (Å²) in [5.41, 5.74) is 7.56. The van der Waals surface area contributed by atoms with E-state index in [0.29, 0.717) is 39.6 Å². The highest BCUT2D eigenvalue weighted by atomic mass is 32.2. The molecule has 0 atom stereocenters. The molecule has 0 aliphatic carbocycles. The van der Waals surface area contributed by atoms with Crippen LogP contribution in [0.15, 0.2) is 34.3 Å². The number of benzene rings is 1. The number of hydrogen-bond donors (Lipinski definition) is 1. The van der Waals surface area contributed by atoms with Crippen molar-refractivity contribution in [3.05, 3.63) is 29.8 Å². The van der Waals surface area contributed by atoms with Crippen LogP contribution in [-0.4, -0.2) is 61.2 Å². The Morgan fingerprint density at radius 2 is 1.38 bits per heavy atom. The molecule has 0 saturated heterocycles. The Hall–Kier alpha value is -1.39. The molecule has 8 nitrogen and oxygen atoms in total. The number of aryl methyl sites for hydroxylation is 1. The zero-order chi connectivity index (χ0) is 17.7. The van der Waals surface area contributed by atoms with Crippen LogP contribution in [0, 0.1) is 12.5 Å². The van der Waals surface area contributed by atoms with E-state index in [1.807, 2.05) is 6.92 Å². The second kappa shape index (κ2) is 12.0. The van der Waals surface area contributed by atoms with Gasteiger partial charge in [0.05, 0.1) is 57.7 Å². The third kappa shape index (κ3) is 9.04. The van der Waals surface area contributed by atoms with E-state index in [0.717, 1.165) is 5.56 Å². The topological polar surface area (TPSA) is 107 Å². The van der Waals surface area contributed by atoms with E-state index in [1.54, 1.807) is 12.1 Å². The lowest BCUT2D eigenvalue weighted by Crippen LogP contribution is -2.14. The fourth-order valence-electron chi connectivity index (χ4n) is 1.63. The van der Waals surface area contributed by atoms with Gasteiger partial charge in [-0.05, 0) is 19.1 Å². The van der Waals surface area contributed by atoms with Gasteiger partial charge in [-0.2, -0.15) is 13.5 Å². The first-order valence-electron chi connectivity index (χ1n) is 7.59. The first-order chi connectivity index (χ1) is 11.6. The van der Waals surface area contributed by atoms with Crippen molar-refractivity contribution in [3.8, 4) is 0 Å². The van der Waals surface area contributed by atoms with Crippen LogP contribution in [-0.2, 0) is 28.5 Å². The Bertz CT molecular complexity index is 562. The summed E-state index contributed by atoms with van der Waals surface area (Å²) < 4.78 is 44.3. The highest BCUT2D eigenvalue weighted by molar-refractivity contribution is 7.86. The molecule has 0 heterocycles. The van der Waals surface area contributed by atoms with Crippen molar-refractivity contribution in [1.29, 1.82) is 5.53 Å². The molecule has 1 aromatic rings. The van der Waals surface area contributed by atoms with Crippen LogP contribution >= 0.6 is 0 Å². The lowest BCUT2D eigenvalue weighted by atomic mass is 10.2. The molecule has 0 saturated carbocycles. The van der Waals surface area contributed by atoms with Gasteiger partial charge in [-0.3, -0.25) is 4.18 Å². The van der Waals surface area contributed by atoms with E-state index in [4.69, 9.17) is 23.9 Å². The molecule has 0 spiro atoms. The third-order valence-electron chi connectivity index (χ3n) is 2.87. The van der Waals surface area contributed by atoms with Crippen molar-refractivity contribution in [2.24, 2.45) is 5.11 Å². The first kappa shape index (κ1) is 20.7. The fraction of sp³-hybridized carbons (Fsp3) is 0.600. The minimum absolute atomic E-state index is 0.0457. The van der Waals surface area contributed by atoms with Crippen molar-refractivity contribution < 1.29 is 26.8 Å². The Morgan fingerprint density at radius 1 is 0.875 bits per heavy atom. The molecule has 0 fully saturated rings. The molecular weight excluding hydrogens is 336 g/mol. The molecule has 0 amide bonds. The summed E-state index contributed by atoms with van der Waals surface area (Å²) in [6, 6.07) is 6.46. The third-order valence-corrected chi connectivity index (χ3v) is 4.19. The van der Waals surface area contributed by atoms with E-state index in [-0.39, 0.29) is 18.1 Å². The lowest BCUT2D eigenvalue weighted by molar-refractivity contribution is 0.0108. The van der Waals surface area contributed by atoms with Crippen molar-refractivity contribution in [2.75, 3.05) is 52.8 Å². The number of rotatable bonds is 14. The first-order valence-corrected chi connectivity index (χ1v) is 8.99. The predicted molar refractivity (Wildman–Crippen MR) is 86.8 cm³/mol. The number of ether oxygens (including phenoxy) is 3. The van der Waals surface area contributed by atoms with Gasteiger partial charge < -0.3 is 14.2 Å². The molecule has 1 N–H and O–H groups in total. The molecule has 1 aromatic carbocycles. The molecule has 0 aromatic heterocycles. The van der Waals surface area contributed by atoms with E-state index < -0.39 is 10.1 Å². The minimum Gasteiger partial charge on any atom is -0.377 e. The molecular formula is C15H24N2O6S. The quantitative estimate of drug-likeness (QED) is 0.308. The zero-order valence-corrected chi connectivity index (χ0v) is 14.6. The maximum Gasteiger partial charge on any atom is 0.297 e. The Labute approximate surface area is 142 Å². The molecule has 0 unspecified atom stereocenters. The normalized spacial score (nSPS) is 11.5. The second-order valence-electron chi connectivity index (χ2n) is 4.81. The van der Waals surface area contributed by atoms with Gasteiger partial charge in [-0.15, -0.1) is 0 Å². The molecule has 136 valence electrons. The van der Waals surface area contributed by atoms with Crippen molar-refractivity contribution in [1.82, 2.24) is 0 Å². The van der Waals surface area contributed by atoms with Gasteiger partial charge in [0.1, 0.15) is 0 Å². The van der Waals surface area contributed by atoms with Crippen LogP contribution in [0.3, 0.4) is 0 Å². The molecule has 0 aliphatic rings. The maximum absolute atomic E-state index is 11.9. The molecule has 24 heavy (non-hydrogen) atoms. The molecule has 1 rings (SSSR count). The van der Waals surface area contributed by atoms with Gasteiger partial charge in [0, 0.05) is 0 Å². The number of nitrogens with zero attached hydrogens (tertiary/aromatic N) is 1. The Kier molecular flexibility index (Phi) is 10.4. The van der Waals surface area contributed by atoms with Crippen LogP contribution in [0.25, 0.3) is 0 Å². The molecule has 0 radical (unpaired) electrons. The summed E-state index contributed by atoms with van der Waals surface area (Å²) in [5, 5.41) is 3.16. The minimum atomic E-state index is -3.74. The van der Waals surface area contributed by atoms with Crippen LogP contribution in [0.5, 0.6) is 0 Å². The highest BCUT2D eigenvalue weighted by Gasteiger charge is 2.14. The smallest absolute Gasteiger partial charge is 0.297 e. The Morgan fingerprint density at radius 3 is 1.92 bits per heavy atom. The summed E-state index contributed by atoms with van der Waals surface area (Å²) in [6.45, 7) is 4.36. The lowest BCUT2D eigenvalue weighted by Gasteiger charge is -2.08. The largest absolute Gasteiger partial charge is 0.377 e. The van der Waals surface area contributed by atoms with Gasteiger partial charge in [-0.25, -0.2) is 5.53 Å². The standard InChI is InChI=1S/C15H24N2O6S/c1-14-2-4-15(5-3-14)24(18,19)23-13-12-22-11-10-21-9-8-20-7-6-17-16/h2-5,16H,6-13H2,1H3. The number of hydrogen-bond acceptors (Lipinski definition) is 8. The molecule has 9 heteroatoms. The average Bonchev–Trinajstić information content (AvgIpc) is 2.56. The molecule has 0 aliphatic heterocycles. The summed E-state index contributed by atoms with van der Waals surface area (Å²) in [4.78, 5) is 0.134. The van der Waals surface area contributed by atoms with Gasteiger partial charge in [-0.1, -0.05) is 17.7 Å². The van der Waals surface area contributed by atoms with Crippen LogP contribution < -0.4 is 0 Å². The van der Waals surface area contributed by atoms with E-state index >= 15 is 0 Å². The number of nitrogens with one attached hydrogen (secondary N) is 1. The van der Waals surface area contributed by atoms with E-state index in [2.05, 4.69) is 5.11 Å². The van der Waals surface area contributed by atoms with Crippen molar-refractivity contribution in [3.63, 3.8) is 0 Å². The summed E-state index contributed by atoms with van der Waals surface area (Å²) in [7, 11) is -3.74. The van der Waals surface area contributed by atoms with Crippen molar-refractivity contribution in [2.45, 2.75) is 11.8 Å². The SMILES string of the molecule is Cc1ccc(S(=O)(=O)OCCOCCOCCOCCN=N)cc1. The van der Waals surface area contributed by atoms with Crippen molar-refractivity contribution >= 4 is 10.1 Å². The monoisotopic (exact) mass is 360 g/mol. The summed E-state index contributed by atoms with van der Waals surface area (Å²) >= 11 is 0. The zero-order valence-electron chi connectivity index (χ0n) is 13.8. The van der Waals surface area contributed by atoms with Gasteiger partial charge in [0.15, 0.2) is 0 Å². The van der Waals surface area contributed by atoms with E-state index in [9.17, 15) is 8.42 Å². The van der Waals surface area contributed by atoms with Gasteiger partial charge >= 0.3 is 0 Å². The molecule has 0 bridgehead atoms. The summed E-state index contributed by atoms with van der Waals surface area (Å²) in [5.74, 6) is 0. The summed E-state index contributed by atoms with van der Waals surface area (Å²) in [6.07, 6.45) is 0. The maximum atomic E-state index is 11.9. The second-order valence-corrected chi connectivity index (χ2v) is 6.42. The highest BCUT2D eigenvalue weighted by Crippen LogP contribution is 2.12. The Balaban J connectivity index is 2.02. The van der Waals surface area contributed by atoms with Crippen LogP contribution in [0.1, 0.15) is 5.56 Å². The van der Waals surface area contributed by atoms with E-state index in [1.165, 1.54) is 12.1 Å². The average molecular weight is 360 g/mol. The fourth-order valence-corrected chi connectivity index (χ4v) is 2.52.